The quantitative estimate of drug-likeness (QED) is 0.921. The highest BCUT2D eigenvalue weighted by Crippen LogP contribution is 2.13. The van der Waals surface area contributed by atoms with E-state index >= 15 is 0 Å². The molecule has 0 radical (unpaired) electrons. The minimum absolute atomic E-state index is 0.0616. The lowest BCUT2D eigenvalue weighted by Gasteiger charge is -2.07. The molecular weight excluding hydrogens is 248 g/mol. The molecule has 4 heteroatoms. The van der Waals surface area contributed by atoms with Crippen molar-refractivity contribution < 1.29 is 4.79 Å². The molecule has 1 heterocycles. The maximum Gasteiger partial charge on any atom is 0.228 e. The minimum atomic E-state index is -0.0616. The number of rotatable bonds is 3. The lowest BCUT2D eigenvalue weighted by atomic mass is 10.1. The molecule has 0 unspecified atom stereocenters. The number of halogens is 1. The van der Waals surface area contributed by atoms with Gasteiger partial charge in [0, 0.05) is 11.2 Å². The van der Waals surface area contributed by atoms with Gasteiger partial charge in [-0.3, -0.25) is 9.78 Å². The van der Waals surface area contributed by atoms with Gasteiger partial charge in [-0.25, -0.2) is 0 Å². The number of nitrogens with zero attached hydrogens (tertiary/aromatic N) is 1. The molecule has 0 aliphatic rings. The molecule has 2 aromatic rings. The summed E-state index contributed by atoms with van der Waals surface area (Å²) in [6.45, 7) is 1.86. The van der Waals surface area contributed by atoms with Gasteiger partial charge in [0.15, 0.2) is 0 Å². The standard InChI is InChI=1S/C14H13ClN2O/c1-10-13(3-2-8-16-10)17-14(18)9-11-4-6-12(15)7-5-11/h2-8H,9H2,1H3,(H,17,18). The Morgan fingerprint density at radius 3 is 2.67 bits per heavy atom. The molecule has 0 atom stereocenters. The Kier molecular flexibility index (Phi) is 3.95. The molecule has 18 heavy (non-hydrogen) atoms. The Labute approximate surface area is 111 Å². The summed E-state index contributed by atoms with van der Waals surface area (Å²) >= 11 is 5.79. The van der Waals surface area contributed by atoms with Gasteiger partial charge in [0.05, 0.1) is 17.8 Å². The van der Waals surface area contributed by atoms with Crippen LogP contribution in [0.1, 0.15) is 11.3 Å². The summed E-state index contributed by atoms with van der Waals surface area (Å²) in [6, 6.07) is 10.9. The number of carbonyl (C=O) groups is 1. The van der Waals surface area contributed by atoms with Crippen molar-refractivity contribution in [1.82, 2.24) is 4.98 Å². The van der Waals surface area contributed by atoms with E-state index in [-0.39, 0.29) is 5.91 Å². The fourth-order valence-electron chi connectivity index (χ4n) is 1.60. The van der Waals surface area contributed by atoms with Crippen molar-refractivity contribution in [2.24, 2.45) is 0 Å². The van der Waals surface area contributed by atoms with E-state index in [0.29, 0.717) is 11.4 Å². The molecule has 1 amide bonds. The summed E-state index contributed by atoms with van der Waals surface area (Å²) in [5.74, 6) is -0.0616. The SMILES string of the molecule is Cc1ncccc1NC(=O)Cc1ccc(Cl)cc1. The van der Waals surface area contributed by atoms with Crippen LogP contribution in [0.25, 0.3) is 0 Å². The van der Waals surface area contributed by atoms with Crippen molar-refractivity contribution in [1.29, 1.82) is 0 Å². The number of carbonyl (C=O) groups excluding carboxylic acids is 1. The normalized spacial score (nSPS) is 10.1. The van der Waals surface area contributed by atoms with Gasteiger partial charge in [0.1, 0.15) is 0 Å². The number of aromatic nitrogens is 1. The van der Waals surface area contributed by atoms with Crippen LogP contribution < -0.4 is 5.32 Å². The van der Waals surface area contributed by atoms with E-state index in [2.05, 4.69) is 10.3 Å². The highest BCUT2D eigenvalue weighted by molar-refractivity contribution is 6.30. The zero-order chi connectivity index (χ0) is 13.0. The molecule has 92 valence electrons. The average Bonchev–Trinajstić information content (AvgIpc) is 2.35. The topological polar surface area (TPSA) is 42.0 Å². The van der Waals surface area contributed by atoms with Crippen molar-refractivity contribution >= 4 is 23.2 Å². The van der Waals surface area contributed by atoms with Crippen LogP contribution in [0.2, 0.25) is 5.02 Å². The predicted molar refractivity (Wildman–Crippen MR) is 72.8 cm³/mol. The summed E-state index contributed by atoms with van der Waals surface area (Å²) in [6.07, 6.45) is 2.02. The molecule has 0 bridgehead atoms. The lowest BCUT2D eigenvalue weighted by molar-refractivity contribution is -0.115. The van der Waals surface area contributed by atoms with Crippen LogP contribution in [0, 0.1) is 6.92 Å². The molecule has 3 nitrogen and oxygen atoms in total. The fraction of sp³-hybridized carbons (Fsp3) is 0.143. The molecule has 0 spiro atoms. The van der Waals surface area contributed by atoms with Gasteiger partial charge < -0.3 is 5.32 Å². The Morgan fingerprint density at radius 2 is 2.00 bits per heavy atom. The highest BCUT2D eigenvalue weighted by atomic mass is 35.5. The number of benzene rings is 1. The third kappa shape index (κ3) is 3.31. The average molecular weight is 261 g/mol. The number of nitrogens with one attached hydrogen (secondary N) is 1. The maximum absolute atomic E-state index is 11.8. The zero-order valence-corrected chi connectivity index (χ0v) is 10.7. The third-order valence-electron chi connectivity index (χ3n) is 2.56. The van der Waals surface area contributed by atoms with Gasteiger partial charge in [-0.15, -0.1) is 0 Å². The van der Waals surface area contributed by atoms with Gasteiger partial charge in [0.2, 0.25) is 5.91 Å². The number of anilines is 1. The first kappa shape index (κ1) is 12.6. The number of hydrogen-bond donors (Lipinski definition) is 1. The Bertz CT molecular complexity index is 552. The van der Waals surface area contributed by atoms with Crippen LogP contribution in [0.5, 0.6) is 0 Å². The molecule has 0 saturated heterocycles. The van der Waals surface area contributed by atoms with Gasteiger partial charge >= 0.3 is 0 Å². The number of pyridine rings is 1. The molecule has 1 N–H and O–H groups in total. The molecule has 2 rings (SSSR count). The van der Waals surface area contributed by atoms with E-state index in [1.807, 2.05) is 25.1 Å². The van der Waals surface area contributed by atoms with Gasteiger partial charge in [-0.1, -0.05) is 23.7 Å². The molecule has 1 aromatic heterocycles. The predicted octanol–water partition coefficient (Wildman–Crippen LogP) is 3.22. The van der Waals surface area contributed by atoms with Crippen LogP contribution in [0.15, 0.2) is 42.6 Å². The Hall–Kier alpha value is -1.87. The van der Waals surface area contributed by atoms with Gasteiger partial charge in [-0.05, 0) is 36.8 Å². The maximum atomic E-state index is 11.8. The number of aryl methyl sites for hydroxylation is 1. The molecule has 0 aliphatic heterocycles. The third-order valence-corrected chi connectivity index (χ3v) is 2.81. The largest absolute Gasteiger partial charge is 0.324 e. The minimum Gasteiger partial charge on any atom is -0.324 e. The highest BCUT2D eigenvalue weighted by Gasteiger charge is 2.06. The summed E-state index contributed by atoms with van der Waals surface area (Å²) in [4.78, 5) is 16.0. The molecule has 0 aliphatic carbocycles. The van der Waals surface area contributed by atoms with Crippen molar-refractivity contribution in [3.05, 3.63) is 58.9 Å². The van der Waals surface area contributed by atoms with Crippen molar-refractivity contribution in [2.75, 3.05) is 5.32 Å². The van der Waals surface area contributed by atoms with E-state index in [1.165, 1.54) is 0 Å². The zero-order valence-electron chi connectivity index (χ0n) is 9.98. The molecule has 0 saturated carbocycles. The lowest BCUT2D eigenvalue weighted by Crippen LogP contribution is -2.15. The van der Waals surface area contributed by atoms with E-state index in [9.17, 15) is 4.79 Å². The van der Waals surface area contributed by atoms with E-state index in [0.717, 1.165) is 16.9 Å². The first-order valence-electron chi connectivity index (χ1n) is 5.61. The van der Waals surface area contributed by atoms with Gasteiger partial charge in [-0.2, -0.15) is 0 Å². The molecule has 0 fully saturated rings. The number of hydrogen-bond acceptors (Lipinski definition) is 2. The first-order valence-corrected chi connectivity index (χ1v) is 5.99. The smallest absolute Gasteiger partial charge is 0.228 e. The summed E-state index contributed by atoms with van der Waals surface area (Å²) in [5.41, 5.74) is 2.48. The van der Waals surface area contributed by atoms with Crippen LogP contribution in [0.3, 0.4) is 0 Å². The monoisotopic (exact) mass is 260 g/mol. The van der Waals surface area contributed by atoms with Crippen molar-refractivity contribution in [3.63, 3.8) is 0 Å². The number of amides is 1. The summed E-state index contributed by atoms with van der Waals surface area (Å²) in [7, 11) is 0. The second-order valence-electron chi connectivity index (χ2n) is 3.99. The Morgan fingerprint density at radius 1 is 1.28 bits per heavy atom. The van der Waals surface area contributed by atoms with Gasteiger partial charge in [0.25, 0.3) is 0 Å². The van der Waals surface area contributed by atoms with Crippen LogP contribution in [0.4, 0.5) is 5.69 Å². The summed E-state index contributed by atoms with van der Waals surface area (Å²) in [5, 5.41) is 3.51. The van der Waals surface area contributed by atoms with Crippen molar-refractivity contribution in [2.45, 2.75) is 13.3 Å². The van der Waals surface area contributed by atoms with Crippen LogP contribution in [-0.2, 0) is 11.2 Å². The summed E-state index contributed by atoms with van der Waals surface area (Å²) < 4.78 is 0. The first-order chi connectivity index (χ1) is 8.65. The van der Waals surface area contributed by atoms with Crippen LogP contribution in [-0.4, -0.2) is 10.9 Å². The second kappa shape index (κ2) is 5.65. The van der Waals surface area contributed by atoms with Crippen molar-refractivity contribution in [3.8, 4) is 0 Å². The van der Waals surface area contributed by atoms with E-state index in [1.54, 1.807) is 24.4 Å². The van der Waals surface area contributed by atoms with E-state index in [4.69, 9.17) is 11.6 Å². The Balaban J connectivity index is 2.01. The molecule has 1 aromatic carbocycles. The molecular formula is C14H13ClN2O. The fourth-order valence-corrected chi connectivity index (χ4v) is 1.72. The van der Waals surface area contributed by atoms with E-state index < -0.39 is 0 Å². The van der Waals surface area contributed by atoms with Crippen LogP contribution >= 0.6 is 11.6 Å². The second-order valence-corrected chi connectivity index (χ2v) is 4.42.